The van der Waals surface area contributed by atoms with Crippen molar-refractivity contribution in [2.75, 3.05) is 4.90 Å². The van der Waals surface area contributed by atoms with Gasteiger partial charge in [-0.3, -0.25) is 0 Å². The van der Waals surface area contributed by atoms with Crippen LogP contribution < -0.4 is 4.90 Å². The maximum Gasteiger partial charge on any atom is 0.0555 e. The van der Waals surface area contributed by atoms with Crippen LogP contribution in [0, 0.1) is 0 Å². The van der Waals surface area contributed by atoms with Crippen LogP contribution in [0.5, 0.6) is 0 Å². The highest BCUT2D eigenvalue weighted by molar-refractivity contribution is 7.26. The van der Waals surface area contributed by atoms with Gasteiger partial charge in [-0.2, -0.15) is 0 Å². The molecule has 0 saturated carbocycles. The summed E-state index contributed by atoms with van der Waals surface area (Å²) in [6, 6.07) is 68.8. The molecule has 0 fully saturated rings. The molecule has 9 aromatic carbocycles. The van der Waals surface area contributed by atoms with Crippen LogP contribution in [0.15, 0.2) is 188 Å². The van der Waals surface area contributed by atoms with Crippen LogP contribution in [0.25, 0.3) is 74.7 Å². The highest BCUT2D eigenvalue weighted by Gasteiger charge is 2.21. The summed E-state index contributed by atoms with van der Waals surface area (Å²) >= 11 is 1.86. The molecule has 0 amide bonds. The van der Waals surface area contributed by atoms with E-state index in [1.54, 1.807) is 0 Å². The van der Waals surface area contributed by atoms with Gasteiger partial charge in [0.2, 0.25) is 0 Å². The zero-order valence-electron chi connectivity index (χ0n) is 27.3. The fourth-order valence-electron chi connectivity index (χ4n) is 7.62. The van der Waals surface area contributed by atoms with Gasteiger partial charge in [-0.15, -0.1) is 11.3 Å². The molecule has 0 aliphatic heterocycles. The minimum absolute atomic E-state index is 1.13. The summed E-state index contributed by atoms with van der Waals surface area (Å²) in [5.41, 5.74) is 8.34. The van der Waals surface area contributed by atoms with Crippen molar-refractivity contribution < 1.29 is 0 Å². The van der Waals surface area contributed by atoms with Gasteiger partial charge in [0, 0.05) is 31.2 Å². The van der Waals surface area contributed by atoms with Crippen molar-refractivity contribution in [1.82, 2.24) is 0 Å². The van der Waals surface area contributed by atoms with Crippen molar-refractivity contribution in [3.63, 3.8) is 0 Å². The summed E-state index contributed by atoms with van der Waals surface area (Å²) < 4.78 is 2.60. The van der Waals surface area contributed by atoms with E-state index in [-0.39, 0.29) is 0 Å². The Bertz CT molecular complexity index is 2880. The zero-order chi connectivity index (χ0) is 33.0. The van der Waals surface area contributed by atoms with Crippen molar-refractivity contribution in [2.24, 2.45) is 0 Å². The summed E-state index contributed by atoms with van der Waals surface area (Å²) in [6.45, 7) is 0. The van der Waals surface area contributed by atoms with E-state index < -0.39 is 0 Å². The second-order valence-corrected chi connectivity index (χ2v) is 14.0. The highest BCUT2D eigenvalue weighted by Crippen LogP contribution is 2.47. The number of anilines is 3. The fraction of sp³-hybridized carbons (Fsp3) is 0. The molecule has 0 bridgehead atoms. The van der Waals surface area contributed by atoms with Crippen LogP contribution in [0.3, 0.4) is 0 Å². The topological polar surface area (TPSA) is 3.24 Å². The maximum atomic E-state index is 2.48. The van der Waals surface area contributed by atoms with Crippen LogP contribution in [0.4, 0.5) is 17.1 Å². The zero-order valence-corrected chi connectivity index (χ0v) is 28.1. The summed E-state index contributed by atoms with van der Waals surface area (Å²) in [6.07, 6.45) is 0. The van der Waals surface area contributed by atoms with Gasteiger partial charge < -0.3 is 4.90 Å². The number of nitrogens with zero attached hydrogens (tertiary/aromatic N) is 1. The molecule has 1 nitrogen and oxygen atoms in total. The van der Waals surface area contributed by atoms with E-state index in [1.807, 2.05) is 11.3 Å². The monoisotopic (exact) mass is 653 g/mol. The molecule has 1 heterocycles. The van der Waals surface area contributed by atoms with E-state index in [4.69, 9.17) is 0 Å². The second kappa shape index (κ2) is 11.7. The van der Waals surface area contributed by atoms with Crippen molar-refractivity contribution >= 4 is 80.9 Å². The van der Waals surface area contributed by atoms with Crippen molar-refractivity contribution in [3.05, 3.63) is 188 Å². The van der Waals surface area contributed by atoms with Crippen LogP contribution in [-0.2, 0) is 0 Å². The molecule has 0 atom stereocenters. The van der Waals surface area contributed by atoms with Crippen LogP contribution in [0.1, 0.15) is 0 Å². The third-order valence-electron chi connectivity index (χ3n) is 10.0. The molecule has 0 saturated heterocycles. The largest absolute Gasteiger partial charge is 0.309 e. The average molecular weight is 654 g/mol. The smallest absolute Gasteiger partial charge is 0.0555 e. The molecule has 0 aliphatic rings. The minimum atomic E-state index is 1.13. The van der Waals surface area contributed by atoms with Crippen LogP contribution in [-0.4, -0.2) is 0 Å². The van der Waals surface area contributed by atoms with Gasteiger partial charge in [-0.25, -0.2) is 0 Å². The Balaban J connectivity index is 1.15. The molecule has 1 aromatic heterocycles. The Kier molecular flexibility index (Phi) is 6.75. The number of benzene rings is 9. The molecule has 234 valence electrons. The molecule has 0 radical (unpaired) electrons. The van der Waals surface area contributed by atoms with Gasteiger partial charge in [0.15, 0.2) is 0 Å². The van der Waals surface area contributed by atoms with E-state index in [1.165, 1.54) is 86.1 Å². The Hall–Kier alpha value is -6.22. The molecule has 0 N–H and O–H groups in total. The van der Waals surface area contributed by atoms with Crippen molar-refractivity contribution in [2.45, 2.75) is 0 Å². The van der Waals surface area contributed by atoms with E-state index >= 15 is 0 Å². The molecule has 0 spiro atoms. The summed E-state index contributed by atoms with van der Waals surface area (Å²) in [4.78, 5) is 2.48. The number of rotatable bonds is 5. The first-order valence-corrected chi connectivity index (χ1v) is 17.9. The van der Waals surface area contributed by atoms with Gasteiger partial charge in [0.1, 0.15) is 0 Å². The SMILES string of the molecule is c1cc(-c2ccc(N(c3cc4ccccc4c4ccccc34)c3cccc4sc5ccccc5c34)cc2)cc(-c2ccc3ccccc3c2)c1. The van der Waals surface area contributed by atoms with Crippen molar-refractivity contribution in [3.8, 4) is 22.3 Å². The molecule has 2 heteroatoms. The average Bonchev–Trinajstić information content (AvgIpc) is 3.58. The standard InChI is InChI=1S/C48H31NS/c1-2-12-34-30-37(24-23-32(34)11-1)36-15-9-14-35(29-36)33-25-27-39(28-26-33)49(44-20-10-22-47-48(44)43-19-7-8-21-46(43)50-47)45-31-38-13-3-4-16-40(38)41-17-5-6-18-42(41)45/h1-31H. The molecule has 0 aliphatic carbocycles. The molecular weight excluding hydrogens is 623 g/mol. The quantitative estimate of drug-likeness (QED) is 0.167. The first-order chi connectivity index (χ1) is 24.8. The van der Waals surface area contributed by atoms with E-state index in [0.29, 0.717) is 0 Å². The number of hydrogen-bond acceptors (Lipinski definition) is 2. The third-order valence-corrected chi connectivity index (χ3v) is 11.1. The molecule has 10 rings (SSSR count). The Morgan fingerprint density at radius 1 is 0.320 bits per heavy atom. The highest BCUT2D eigenvalue weighted by atomic mass is 32.1. The van der Waals surface area contributed by atoms with Gasteiger partial charge in [-0.05, 0) is 97.7 Å². The molecular formula is C48H31NS. The molecule has 50 heavy (non-hydrogen) atoms. The van der Waals surface area contributed by atoms with E-state index in [2.05, 4.69) is 193 Å². The van der Waals surface area contributed by atoms with Gasteiger partial charge in [0.05, 0.1) is 11.4 Å². The minimum Gasteiger partial charge on any atom is -0.309 e. The molecule has 10 aromatic rings. The lowest BCUT2D eigenvalue weighted by Crippen LogP contribution is -2.11. The van der Waals surface area contributed by atoms with E-state index in [9.17, 15) is 0 Å². The second-order valence-electron chi connectivity index (χ2n) is 12.9. The Morgan fingerprint density at radius 2 is 0.920 bits per heavy atom. The van der Waals surface area contributed by atoms with Crippen LogP contribution >= 0.6 is 11.3 Å². The first-order valence-electron chi connectivity index (χ1n) is 17.1. The van der Waals surface area contributed by atoms with Crippen molar-refractivity contribution in [1.29, 1.82) is 0 Å². The fourth-order valence-corrected chi connectivity index (χ4v) is 8.75. The van der Waals surface area contributed by atoms with Gasteiger partial charge in [0.25, 0.3) is 0 Å². The predicted molar refractivity (Wildman–Crippen MR) is 217 cm³/mol. The normalized spacial score (nSPS) is 11.6. The predicted octanol–water partition coefficient (Wildman–Crippen LogP) is 14.3. The van der Waals surface area contributed by atoms with Gasteiger partial charge in [-0.1, -0.05) is 140 Å². The Labute approximate surface area is 294 Å². The lowest BCUT2D eigenvalue weighted by atomic mass is 9.96. The lowest BCUT2D eigenvalue weighted by Gasteiger charge is -2.28. The first kappa shape index (κ1) is 28.8. The van der Waals surface area contributed by atoms with E-state index in [0.717, 1.165) is 5.69 Å². The van der Waals surface area contributed by atoms with Gasteiger partial charge >= 0.3 is 0 Å². The molecule has 0 unspecified atom stereocenters. The Morgan fingerprint density at radius 3 is 1.76 bits per heavy atom. The number of thiophene rings is 1. The van der Waals surface area contributed by atoms with Crippen LogP contribution in [0.2, 0.25) is 0 Å². The third kappa shape index (κ3) is 4.76. The number of fused-ring (bicyclic) bond motifs is 7. The summed E-state index contributed by atoms with van der Waals surface area (Å²) in [7, 11) is 0. The lowest BCUT2D eigenvalue weighted by molar-refractivity contribution is 1.32. The summed E-state index contributed by atoms with van der Waals surface area (Å²) in [5.74, 6) is 0. The summed E-state index contributed by atoms with van der Waals surface area (Å²) in [5, 5.41) is 10.1. The maximum absolute atomic E-state index is 2.48. The number of hydrogen-bond donors (Lipinski definition) is 0.